The minimum absolute atomic E-state index is 0.108. The Morgan fingerprint density at radius 3 is 3.00 bits per heavy atom. The quantitative estimate of drug-likeness (QED) is 0.610. The van der Waals surface area contributed by atoms with Crippen LogP contribution in [0.3, 0.4) is 0 Å². The van der Waals surface area contributed by atoms with Crippen molar-refractivity contribution in [2.45, 2.75) is 20.3 Å². The van der Waals surface area contributed by atoms with Gasteiger partial charge in [-0.25, -0.2) is 0 Å². The predicted octanol–water partition coefficient (Wildman–Crippen LogP) is 2.76. The molecule has 1 heterocycles. The van der Waals surface area contributed by atoms with Gasteiger partial charge in [-0.2, -0.15) is 0 Å². The topological polar surface area (TPSA) is 12.0 Å². The van der Waals surface area contributed by atoms with E-state index < -0.39 is 0 Å². The van der Waals surface area contributed by atoms with Gasteiger partial charge in [-0.05, 0) is 12.0 Å². The van der Waals surface area contributed by atoms with Gasteiger partial charge in [-0.1, -0.05) is 50.4 Å². The van der Waals surface area contributed by atoms with Gasteiger partial charge in [0.1, 0.15) is 4.99 Å². The first-order valence-corrected chi connectivity index (χ1v) is 5.39. The molecular formula is C12H15NS. The average molecular weight is 205 g/mol. The highest BCUT2D eigenvalue weighted by Crippen LogP contribution is 2.30. The number of piperidine rings is 1. The van der Waals surface area contributed by atoms with Gasteiger partial charge in [0.2, 0.25) is 0 Å². The molecular weight excluding hydrogens is 190 g/mol. The molecule has 0 aromatic heterocycles. The maximum atomic E-state index is 5.32. The van der Waals surface area contributed by atoms with Crippen LogP contribution in [0.1, 0.15) is 20.3 Å². The van der Waals surface area contributed by atoms with Gasteiger partial charge in [0.15, 0.2) is 0 Å². The lowest BCUT2D eigenvalue weighted by molar-refractivity contribution is 0.623. The van der Waals surface area contributed by atoms with E-state index in [1.807, 2.05) is 0 Å². The molecule has 1 fully saturated rings. The molecule has 0 amide bonds. The van der Waals surface area contributed by atoms with E-state index in [0.717, 1.165) is 18.0 Å². The second kappa shape index (κ2) is 3.35. The molecule has 1 N–H and O–H groups in total. The lowest BCUT2D eigenvalue weighted by Gasteiger charge is -2.23. The number of fused-ring (bicyclic) bond motifs is 1. The Bertz CT molecular complexity index is 359. The van der Waals surface area contributed by atoms with Crippen LogP contribution in [0.25, 0.3) is 0 Å². The van der Waals surface area contributed by atoms with E-state index in [1.165, 1.54) is 11.1 Å². The zero-order chi connectivity index (χ0) is 10.2. The van der Waals surface area contributed by atoms with E-state index in [9.17, 15) is 0 Å². The summed E-state index contributed by atoms with van der Waals surface area (Å²) in [5.41, 5.74) is 2.70. The summed E-state index contributed by atoms with van der Waals surface area (Å²) >= 11 is 5.32. The summed E-state index contributed by atoms with van der Waals surface area (Å²) < 4.78 is 0. The summed E-state index contributed by atoms with van der Waals surface area (Å²) in [7, 11) is 0. The fraction of sp³-hybridized carbons (Fsp3) is 0.417. The van der Waals surface area contributed by atoms with Crippen molar-refractivity contribution in [1.29, 1.82) is 0 Å². The zero-order valence-electron chi connectivity index (χ0n) is 8.63. The van der Waals surface area contributed by atoms with E-state index >= 15 is 0 Å². The highest BCUT2D eigenvalue weighted by Gasteiger charge is 2.21. The molecule has 0 atom stereocenters. The Hall–Kier alpha value is -0.890. The van der Waals surface area contributed by atoms with Crippen LogP contribution < -0.4 is 5.32 Å². The second-order valence-electron chi connectivity index (χ2n) is 4.44. The van der Waals surface area contributed by atoms with Crippen LogP contribution in [0.15, 0.2) is 35.5 Å². The van der Waals surface area contributed by atoms with Crippen LogP contribution in [0.5, 0.6) is 0 Å². The SMILES string of the molecule is CC1(C)C=CC=C2CCNC(=S)C2=C1. The maximum Gasteiger partial charge on any atom is 0.106 e. The molecule has 2 rings (SSSR count). The van der Waals surface area contributed by atoms with Gasteiger partial charge < -0.3 is 5.32 Å². The largest absolute Gasteiger partial charge is 0.375 e. The molecule has 1 aliphatic carbocycles. The van der Waals surface area contributed by atoms with Crippen molar-refractivity contribution in [3.63, 3.8) is 0 Å². The van der Waals surface area contributed by atoms with Crippen LogP contribution >= 0.6 is 12.2 Å². The Morgan fingerprint density at radius 2 is 2.21 bits per heavy atom. The third-order valence-electron chi connectivity index (χ3n) is 2.61. The Balaban J connectivity index is 2.45. The third kappa shape index (κ3) is 1.80. The molecule has 0 unspecified atom stereocenters. The summed E-state index contributed by atoms with van der Waals surface area (Å²) in [6, 6.07) is 0. The van der Waals surface area contributed by atoms with Crippen molar-refractivity contribution in [3.8, 4) is 0 Å². The molecule has 14 heavy (non-hydrogen) atoms. The summed E-state index contributed by atoms with van der Waals surface area (Å²) in [6.07, 6.45) is 9.89. The predicted molar refractivity (Wildman–Crippen MR) is 64.3 cm³/mol. The van der Waals surface area contributed by atoms with E-state index in [4.69, 9.17) is 12.2 Å². The Morgan fingerprint density at radius 1 is 1.43 bits per heavy atom. The average Bonchev–Trinajstić information content (AvgIpc) is 2.24. The molecule has 1 nitrogen and oxygen atoms in total. The van der Waals surface area contributed by atoms with E-state index in [2.05, 4.69) is 43.5 Å². The van der Waals surface area contributed by atoms with E-state index in [0.29, 0.717) is 0 Å². The fourth-order valence-electron chi connectivity index (χ4n) is 1.85. The van der Waals surface area contributed by atoms with Crippen molar-refractivity contribution < 1.29 is 0 Å². The molecule has 0 spiro atoms. The summed E-state index contributed by atoms with van der Waals surface area (Å²) in [5.74, 6) is 0. The van der Waals surface area contributed by atoms with Gasteiger partial charge in [0.25, 0.3) is 0 Å². The van der Waals surface area contributed by atoms with Crippen LogP contribution in [0.4, 0.5) is 0 Å². The van der Waals surface area contributed by atoms with Crippen LogP contribution in [-0.2, 0) is 0 Å². The van der Waals surface area contributed by atoms with Crippen molar-refractivity contribution in [2.75, 3.05) is 6.54 Å². The minimum Gasteiger partial charge on any atom is -0.375 e. The molecule has 1 saturated heterocycles. The van der Waals surface area contributed by atoms with Gasteiger partial charge in [0.05, 0.1) is 0 Å². The molecule has 0 aromatic carbocycles. The highest BCUT2D eigenvalue weighted by molar-refractivity contribution is 7.80. The standard InChI is InChI=1S/C12H15NS/c1-12(2)6-3-4-9-5-7-13-11(14)10(9)8-12/h3-4,6,8H,5,7H2,1-2H3,(H,13,14). The summed E-state index contributed by atoms with van der Waals surface area (Å²) in [6.45, 7) is 5.37. The number of thiocarbonyl (C=S) groups is 1. The molecule has 1 aliphatic heterocycles. The number of hydrogen-bond donors (Lipinski definition) is 1. The first-order chi connectivity index (χ1) is 6.58. The first kappa shape index (κ1) is 9.66. The minimum atomic E-state index is 0.108. The van der Waals surface area contributed by atoms with Gasteiger partial charge >= 0.3 is 0 Å². The van der Waals surface area contributed by atoms with Gasteiger partial charge in [-0.3, -0.25) is 0 Å². The van der Waals surface area contributed by atoms with Crippen LogP contribution in [-0.4, -0.2) is 11.5 Å². The number of rotatable bonds is 0. The third-order valence-corrected chi connectivity index (χ3v) is 2.97. The normalized spacial score (nSPS) is 24.3. The number of hydrogen-bond acceptors (Lipinski definition) is 1. The molecule has 2 aliphatic rings. The highest BCUT2D eigenvalue weighted by atomic mass is 32.1. The summed E-state index contributed by atoms with van der Waals surface area (Å²) in [4.78, 5) is 0.902. The smallest absolute Gasteiger partial charge is 0.106 e. The molecule has 0 saturated carbocycles. The molecule has 2 heteroatoms. The van der Waals surface area contributed by atoms with Gasteiger partial charge in [0, 0.05) is 17.5 Å². The number of nitrogens with one attached hydrogen (secondary N) is 1. The fourth-order valence-corrected chi connectivity index (χ4v) is 2.14. The van der Waals surface area contributed by atoms with Crippen molar-refractivity contribution in [1.82, 2.24) is 5.32 Å². The van der Waals surface area contributed by atoms with Crippen LogP contribution in [0.2, 0.25) is 0 Å². The zero-order valence-corrected chi connectivity index (χ0v) is 9.45. The monoisotopic (exact) mass is 205 g/mol. The van der Waals surface area contributed by atoms with Gasteiger partial charge in [-0.15, -0.1) is 0 Å². The van der Waals surface area contributed by atoms with E-state index in [1.54, 1.807) is 0 Å². The lowest BCUT2D eigenvalue weighted by atomic mass is 9.88. The van der Waals surface area contributed by atoms with Crippen molar-refractivity contribution in [3.05, 3.63) is 35.5 Å². The first-order valence-electron chi connectivity index (χ1n) is 4.98. The Kier molecular flexibility index (Phi) is 2.31. The van der Waals surface area contributed by atoms with E-state index in [-0.39, 0.29) is 5.41 Å². The second-order valence-corrected chi connectivity index (χ2v) is 4.84. The lowest BCUT2D eigenvalue weighted by Crippen LogP contribution is -2.31. The maximum absolute atomic E-state index is 5.32. The molecule has 74 valence electrons. The summed E-state index contributed by atoms with van der Waals surface area (Å²) in [5, 5.41) is 3.24. The molecule has 0 bridgehead atoms. The van der Waals surface area contributed by atoms with Crippen molar-refractivity contribution in [2.24, 2.45) is 5.41 Å². The molecule has 0 aromatic rings. The Labute approximate surface area is 90.6 Å². The molecule has 0 radical (unpaired) electrons. The van der Waals surface area contributed by atoms with Crippen molar-refractivity contribution >= 4 is 17.2 Å². The van der Waals surface area contributed by atoms with Crippen LogP contribution in [0, 0.1) is 5.41 Å². The number of allylic oxidation sites excluding steroid dienone is 4.